The van der Waals surface area contributed by atoms with Crippen LogP contribution >= 0.6 is 0 Å². The fourth-order valence-corrected chi connectivity index (χ4v) is 1.03. The van der Waals surface area contributed by atoms with Gasteiger partial charge in [-0.2, -0.15) is 0 Å². The fourth-order valence-electron chi connectivity index (χ4n) is 1.03. The highest BCUT2D eigenvalue weighted by Gasteiger charge is 2.11. The number of nitrogens with one attached hydrogen (secondary N) is 1. The first-order chi connectivity index (χ1) is 7.11. The maximum Gasteiger partial charge on any atom is 0.317 e. The van der Waals surface area contributed by atoms with E-state index in [2.05, 4.69) is 11.9 Å². The lowest BCUT2D eigenvalue weighted by Crippen LogP contribution is -2.41. The molecular weight excluding hydrogens is 196 g/mol. The molecule has 0 unspecified atom stereocenters. The van der Waals surface area contributed by atoms with E-state index in [-0.39, 0.29) is 19.0 Å². The van der Waals surface area contributed by atoms with E-state index in [4.69, 9.17) is 5.11 Å². The lowest BCUT2D eigenvalue weighted by atomic mass is 10.4. The van der Waals surface area contributed by atoms with Gasteiger partial charge in [-0.25, -0.2) is 4.79 Å². The van der Waals surface area contributed by atoms with E-state index in [9.17, 15) is 9.59 Å². The van der Waals surface area contributed by atoms with Crippen LogP contribution in [0.25, 0.3) is 0 Å². The van der Waals surface area contributed by atoms with Crippen LogP contribution in [-0.2, 0) is 4.79 Å². The number of carbonyl (C=O) groups is 2. The number of carbonyl (C=O) groups excluding carboxylic acids is 1. The summed E-state index contributed by atoms with van der Waals surface area (Å²) in [5.74, 6) is -0.896. The molecule has 86 valence electrons. The van der Waals surface area contributed by atoms with Crippen LogP contribution in [0.5, 0.6) is 0 Å². The molecule has 0 aromatic carbocycles. The predicted molar refractivity (Wildman–Crippen MR) is 57.7 cm³/mol. The van der Waals surface area contributed by atoms with Gasteiger partial charge in [-0.05, 0) is 13.3 Å². The highest BCUT2D eigenvalue weighted by atomic mass is 16.4. The van der Waals surface area contributed by atoms with Crippen molar-refractivity contribution in [3.05, 3.63) is 12.7 Å². The van der Waals surface area contributed by atoms with Gasteiger partial charge in [0.1, 0.15) is 0 Å². The summed E-state index contributed by atoms with van der Waals surface area (Å²) >= 11 is 0. The van der Waals surface area contributed by atoms with Gasteiger partial charge in [0.2, 0.25) is 0 Å². The number of carboxylic acids is 1. The normalized spacial score (nSPS) is 9.40. The number of nitrogens with zero attached hydrogens (tertiary/aromatic N) is 1. The van der Waals surface area contributed by atoms with E-state index >= 15 is 0 Å². The summed E-state index contributed by atoms with van der Waals surface area (Å²) in [6.07, 6.45) is 2.40. The first kappa shape index (κ1) is 13.5. The van der Waals surface area contributed by atoms with Crippen molar-refractivity contribution < 1.29 is 14.7 Å². The highest BCUT2D eigenvalue weighted by Crippen LogP contribution is 1.93. The molecule has 0 rings (SSSR count). The van der Waals surface area contributed by atoms with Crippen molar-refractivity contribution in [1.29, 1.82) is 0 Å². The average molecular weight is 214 g/mol. The molecule has 0 aliphatic carbocycles. The van der Waals surface area contributed by atoms with Crippen molar-refractivity contribution in [2.75, 3.05) is 19.6 Å². The minimum atomic E-state index is -0.896. The number of aliphatic carboxylic acids is 1. The summed E-state index contributed by atoms with van der Waals surface area (Å²) in [7, 11) is 0. The third kappa shape index (κ3) is 6.54. The molecule has 0 aromatic rings. The van der Waals surface area contributed by atoms with Crippen LogP contribution in [0.2, 0.25) is 0 Å². The molecule has 5 heteroatoms. The standard InChI is InChI=1S/C10H18N2O3/c1-3-5-7-11-10(15)12(4-2)8-6-9(13)14/h3H,1,4-8H2,2H3,(H,11,15)(H,13,14). The lowest BCUT2D eigenvalue weighted by Gasteiger charge is -2.20. The van der Waals surface area contributed by atoms with Crippen LogP contribution in [0.1, 0.15) is 19.8 Å². The average Bonchev–Trinajstić information content (AvgIpc) is 2.18. The van der Waals surface area contributed by atoms with Crippen LogP contribution in [-0.4, -0.2) is 41.6 Å². The number of urea groups is 1. The third-order valence-electron chi connectivity index (χ3n) is 1.89. The van der Waals surface area contributed by atoms with Gasteiger partial charge in [-0.3, -0.25) is 4.79 Å². The Kier molecular flexibility index (Phi) is 7.05. The quantitative estimate of drug-likeness (QED) is 0.492. The van der Waals surface area contributed by atoms with Crippen molar-refractivity contribution in [2.24, 2.45) is 0 Å². The second-order valence-corrected chi connectivity index (χ2v) is 3.03. The molecule has 2 amide bonds. The van der Waals surface area contributed by atoms with E-state index < -0.39 is 5.97 Å². The molecule has 5 nitrogen and oxygen atoms in total. The molecule has 0 aliphatic heterocycles. The van der Waals surface area contributed by atoms with Gasteiger partial charge in [0.05, 0.1) is 6.42 Å². The van der Waals surface area contributed by atoms with Gasteiger partial charge in [0, 0.05) is 19.6 Å². The zero-order valence-electron chi connectivity index (χ0n) is 9.03. The van der Waals surface area contributed by atoms with Crippen molar-refractivity contribution in [3.8, 4) is 0 Å². The smallest absolute Gasteiger partial charge is 0.317 e. The Bertz CT molecular complexity index is 229. The summed E-state index contributed by atoms with van der Waals surface area (Å²) in [6, 6.07) is -0.222. The highest BCUT2D eigenvalue weighted by molar-refractivity contribution is 5.75. The molecule has 0 aliphatic rings. The Morgan fingerprint density at radius 2 is 2.20 bits per heavy atom. The van der Waals surface area contributed by atoms with Crippen LogP contribution in [0.4, 0.5) is 4.79 Å². The Morgan fingerprint density at radius 3 is 2.67 bits per heavy atom. The number of hydrogen-bond donors (Lipinski definition) is 2. The molecule has 0 fully saturated rings. The zero-order valence-corrected chi connectivity index (χ0v) is 9.03. The van der Waals surface area contributed by atoms with E-state index in [1.54, 1.807) is 6.08 Å². The molecule has 2 N–H and O–H groups in total. The van der Waals surface area contributed by atoms with E-state index in [0.717, 1.165) is 0 Å². The summed E-state index contributed by atoms with van der Waals surface area (Å²) in [5, 5.41) is 11.2. The summed E-state index contributed by atoms with van der Waals surface area (Å²) in [4.78, 5) is 23.2. The van der Waals surface area contributed by atoms with Gasteiger partial charge in [-0.1, -0.05) is 6.08 Å². The molecule has 0 saturated heterocycles. The second-order valence-electron chi connectivity index (χ2n) is 3.03. The molecule has 0 spiro atoms. The fraction of sp³-hybridized carbons (Fsp3) is 0.600. The van der Waals surface area contributed by atoms with E-state index in [0.29, 0.717) is 19.5 Å². The maximum absolute atomic E-state index is 11.4. The Labute approximate surface area is 89.8 Å². The van der Waals surface area contributed by atoms with Gasteiger partial charge in [0.25, 0.3) is 0 Å². The van der Waals surface area contributed by atoms with Crippen LogP contribution in [0.15, 0.2) is 12.7 Å². The number of hydrogen-bond acceptors (Lipinski definition) is 2. The predicted octanol–water partition coefficient (Wildman–Crippen LogP) is 1.07. The van der Waals surface area contributed by atoms with E-state index in [1.807, 2.05) is 6.92 Å². The Morgan fingerprint density at radius 1 is 1.53 bits per heavy atom. The molecule has 0 atom stereocenters. The molecular formula is C10H18N2O3. The molecule has 15 heavy (non-hydrogen) atoms. The number of amides is 2. The maximum atomic E-state index is 11.4. The van der Waals surface area contributed by atoms with Crippen LogP contribution in [0, 0.1) is 0 Å². The molecule has 0 saturated carbocycles. The first-order valence-electron chi connectivity index (χ1n) is 4.97. The number of carboxylic acid groups (broad SMARTS) is 1. The van der Waals surface area contributed by atoms with Crippen LogP contribution in [0.3, 0.4) is 0 Å². The van der Waals surface area contributed by atoms with Gasteiger partial charge < -0.3 is 15.3 Å². The molecule has 0 aromatic heterocycles. The van der Waals surface area contributed by atoms with Crippen molar-refractivity contribution in [3.63, 3.8) is 0 Å². The number of rotatable bonds is 7. The van der Waals surface area contributed by atoms with Crippen LogP contribution < -0.4 is 5.32 Å². The Hall–Kier alpha value is -1.52. The topological polar surface area (TPSA) is 69.6 Å². The summed E-state index contributed by atoms with van der Waals surface area (Å²) in [6.45, 7) is 6.64. The second kappa shape index (κ2) is 7.84. The minimum Gasteiger partial charge on any atom is -0.481 e. The largest absolute Gasteiger partial charge is 0.481 e. The minimum absolute atomic E-state index is 0.0251. The van der Waals surface area contributed by atoms with Crippen molar-refractivity contribution in [2.45, 2.75) is 19.8 Å². The lowest BCUT2D eigenvalue weighted by molar-refractivity contribution is -0.137. The summed E-state index contributed by atoms with van der Waals surface area (Å²) in [5.41, 5.74) is 0. The van der Waals surface area contributed by atoms with Crippen molar-refractivity contribution >= 4 is 12.0 Å². The van der Waals surface area contributed by atoms with Crippen molar-refractivity contribution in [1.82, 2.24) is 10.2 Å². The Balaban J connectivity index is 3.87. The SMILES string of the molecule is C=CCCNC(=O)N(CC)CCC(=O)O. The monoisotopic (exact) mass is 214 g/mol. The molecule has 0 radical (unpaired) electrons. The summed E-state index contributed by atoms with van der Waals surface area (Å²) < 4.78 is 0. The molecule has 0 heterocycles. The zero-order chi connectivity index (χ0) is 11.7. The van der Waals surface area contributed by atoms with Gasteiger partial charge >= 0.3 is 12.0 Å². The van der Waals surface area contributed by atoms with E-state index in [1.165, 1.54) is 4.90 Å². The third-order valence-corrected chi connectivity index (χ3v) is 1.89. The van der Waals surface area contributed by atoms with Gasteiger partial charge in [0.15, 0.2) is 0 Å². The molecule has 0 bridgehead atoms. The first-order valence-corrected chi connectivity index (χ1v) is 4.97. The van der Waals surface area contributed by atoms with Gasteiger partial charge in [-0.15, -0.1) is 6.58 Å².